The van der Waals surface area contributed by atoms with Crippen molar-refractivity contribution in [1.82, 2.24) is 5.32 Å². The van der Waals surface area contributed by atoms with Crippen molar-refractivity contribution in [2.45, 2.75) is 18.9 Å². The Morgan fingerprint density at radius 2 is 2.20 bits per heavy atom. The van der Waals surface area contributed by atoms with Gasteiger partial charge in [0.05, 0.1) is 13.2 Å². The number of hydrogen-bond donors (Lipinski definition) is 2. The quantitative estimate of drug-likeness (QED) is 0.563. The molecule has 1 saturated carbocycles. The largest absolute Gasteiger partial charge is 0.382 e. The van der Waals surface area contributed by atoms with Gasteiger partial charge in [-0.15, -0.1) is 0 Å². The van der Waals surface area contributed by atoms with Crippen LogP contribution < -0.4 is 11.1 Å². The minimum Gasteiger partial charge on any atom is -0.382 e. The van der Waals surface area contributed by atoms with Crippen molar-refractivity contribution in [1.29, 1.82) is 0 Å². The Balaban J connectivity index is 1.90. The Labute approximate surface area is 90.3 Å². The number of ether oxygens (including phenoxy) is 2. The molecule has 1 amide bonds. The third kappa shape index (κ3) is 5.11. The first-order valence-electron chi connectivity index (χ1n) is 5.31. The molecule has 5 heteroatoms. The summed E-state index contributed by atoms with van der Waals surface area (Å²) in [7, 11) is 1.60. The number of nitrogens with one attached hydrogen (secondary N) is 1. The third-order valence-electron chi connectivity index (χ3n) is 2.53. The third-order valence-corrected chi connectivity index (χ3v) is 2.53. The van der Waals surface area contributed by atoms with Gasteiger partial charge in [0.25, 0.3) is 0 Å². The van der Waals surface area contributed by atoms with E-state index in [0.717, 1.165) is 19.4 Å². The maximum absolute atomic E-state index is 11.2. The predicted molar refractivity (Wildman–Crippen MR) is 56.4 cm³/mol. The Morgan fingerprint density at radius 3 is 2.80 bits per heavy atom. The van der Waals surface area contributed by atoms with Crippen LogP contribution in [0.5, 0.6) is 0 Å². The van der Waals surface area contributed by atoms with Gasteiger partial charge in [-0.3, -0.25) is 4.79 Å². The van der Waals surface area contributed by atoms with Crippen LogP contribution in [0.25, 0.3) is 0 Å². The first-order valence-corrected chi connectivity index (χ1v) is 5.31. The SMILES string of the molecule is COCCOCC(=O)NCC1CC(N)C1. The predicted octanol–water partition coefficient (Wildman–Crippen LogP) is -0.497. The number of methoxy groups -OCH3 is 1. The number of carbonyl (C=O) groups excluding carboxylic acids is 1. The van der Waals surface area contributed by atoms with Gasteiger partial charge in [-0.1, -0.05) is 0 Å². The van der Waals surface area contributed by atoms with Crippen molar-refractivity contribution < 1.29 is 14.3 Å². The summed E-state index contributed by atoms with van der Waals surface area (Å²) < 4.78 is 9.87. The summed E-state index contributed by atoms with van der Waals surface area (Å²) in [5.41, 5.74) is 5.64. The van der Waals surface area contributed by atoms with Gasteiger partial charge in [0.15, 0.2) is 0 Å². The lowest BCUT2D eigenvalue weighted by molar-refractivity contribution is -0.126. The molecule has 0 radical (unpaired) electrons. The highest BCUT2D eigenvalue weighted by atomic mass is 16.5. The van der Waals surface area contributed by atoms with Crippen molar-refractivity contribution in [3.05, 3.63) is 0 Å². The molecule has 3 N–H and O–H groups in total. The van der Waals surface area contributed by atoms with Gasteiger partial charge < -0.3 is 20.5 Å². The highest BCUT2D eigenvalue weighted by molar-refractivity contribution is 5.77. The molecule has 1 fully saturated rings. The molecule has 0 atom stereocenters. The number of amides is 1. The zero-order valence-electron chi connectivity index (χ0n) is 9.20. The van der Waals surface area contributed by atoms with E-state index in [1.165, 1.54) is 0 Å². The highest BCUT2D eigenvalue weighted by Gasteiger charge is 2.25. The van der Waals surface area contributed by atoms with Crippen LogP contribution in [0, 0.1) is 5.92 Å². The van der Waals surface area contributed by atoms with Crippen LogP contribution in [-0.4, -0.2) is 45.4 Å². The summed E-state index contributed by atoms with van der Waals surface area (Å²) in [5.74, 6) is 0.495. The minimum atomic E-state index is -0.0634. The molecule has 0 aromatic rings. The molecule has 1 rings (SSSR count). The second kappa shape index (κ2) is 6.76. The van der Waals surface area contributed by atoms with Crippen molar-refractivity contribution in [3.63, 3.8) is 0 Å². The normalized spacial score (nSPS) is 24.7. The summed E-state index contributed by atoms with van der Waals surface area (Å²) in [6.07, 6.45) is 2.04. The van der Waals surface area contributed by atoms with Gasteiger partial charge in [0.2, 0.25) is 5.91 Å². The second-order valence-corrected chi connectivity index (χ2v) is 3.95. The molecule has 0 aromatic carbocycles. The van der Waals surface area contributed by atoms with E-state index in [1.807, 2.05) is 0 Å². The molecular weight excluding hydrogens is 196 g/mol. The number of rotatable bonds is 7. The molecule has 0 unspecified atom stereocenters. The van der Waals surface area contributed by atoms with Crippen LogP contribution in [0.2, 0.25) is 0 Å². The van der Waals surface area contributed by atoms with E-state index >= 15 is 0 Å². The summed E-state index contributed by atoms with van der Waals surface area (Å²) in [6.45, 7) is 1.81. The lowest BCUT2D eigenvalue weighted by atomic mass is 9.81. The Morgan fingerprint density at radius 1 is 1.47 bits per heavy atom. The Hall–Kier alpha value is -0.650. The lowest BCUT2D eigenvalue weighted by Crippen LogP contribution is -2.43. The number of carbonyl (C=O) groups is 1. The zero-order valence-corrected chi connectivity index (χ0v) is 9.20. The fraction of sp³-hybridized carbons (Fsp3) is 0.900. The van der Waals surface area contributed by atoms with Crippen molar-refractivity contribution >= 4 is 5.91 Å². The van der Waals surface area contributed by atoms with Gasteiger partial charge in [-0.2, -0.15) is 0 Å². The number of nitrogens with two attached hydrogens (primary N) is 1. The van der Waals surface area contributed by atoms with Crippen molar-refractivity contribution in [2.24, 2.45) is 11.7 Å². The summed E-state index contributed by atoms with van der Waals surface area (Å²) in [6, 6.07) is 0.338. The first kappa shape index (κ1) is 12.4. The topological polar surface area (TPSA) is 73.6 Å². The van der Waals surface area contributed by atoms with Crippen LogP contribution in [-0.2, 0) is 14.3 Å². The van der Waals surface area contributed by atoms with Crippen LogP contribution >= 0.6 is 0 Å². The Bertz CT molecular complexity index is 193. The lowest BCUT2D eigenvalue weighted by Gasteiger charge is -2.32. The fourth-order valence-electron chi connectivity index (χ4n) is 1.57. The smallest absolute Gasteiger partial charge is 0.246 e. The van der Waals surface area contributed by atoms with Gasteiger partial charge in [0, 0.05) is 19.7 Å². The molecule has 1 aliphatic carbocycles. The van der Waals surface area contributed by atoms with E-state index in [-0.39, 0.29) is 12.5 Å². The molecule has 1 aliphatic rings. The maximum atomic E-state index is 11.2. The first-order chi connectivity index (χ1) is 7.22. The van der Waals surface area contributed by atoms with Crippen LogP contribution in [0.3, 0.4) is 0 Å². The van der Waals surface area contributed by atoms with Gasteiger partial charge in [-0.25, -0.2) is 0 Å². The standard InChI is InChI=1S/C10H20N2O3/c1-14-2-3-15-7-10(13)12-6-8-4-9(11)5-8/h8-9H,2-7,11H2,1H3,(H,12,13). The van der Waals surface area contributed by atoms with E-state index in [4.69, 9.17) is 15.2 Å². The van der Waals surface area contributed by atoms with E-state index in [0.29, 0.717) is 25.2 Å². The van der Waals surface area contributed by atoms with Gasteiger partial charge in [0.1, 0.15) is 6.61 Å². The van der Waals surface area contributed by atoms with Crippen LogP contribution in [0.4, 0.5) is 0 Å². The zero-order chi connectivity index (χ0) is 11.1. The average Bonchev–Trinajstić information content (AvgIpc) is 2.18. The van der Waals surface area contributed by atoms with Crippen LogP contribution in [0.1, 0.15) is 12.8 Å². The summed E-state index contributed by atoms with van der Waals surface area (Å²) in [5, 5.41) is 2.82. The molecule has 0 saturated heterocycles. The monoisotopic (exact) mass is 216 g/mol. The van der Waals surface area contributed by atoms with Crippen molar-refractivity contribution in [2.75, 3.05) is 33.5 Å². The average molecular weight is 216 g/mol. The molecule has 88 valence electrons. The molecule has 15 heavy (non-hydrogen) atoms. The van der Waals surface area contributed by atoms with Gasteiger partial charge >= 0.3 is 0 Å². The molecule has 0 bridgehead atoms. The Kier molecular flexibility index (Phi) is 5.60. The minimum absolute atomic E-state index is 0.0634. The van der Waals surface area contributed by atoms with E-state index in [9.17, 15) is 4.79 Å². The summed E-state index contributed by atoms with van der Waals surface area (Å²) >= 11 is 0. The molecular formula is C10H20N2O3. The van der Waals surface area contributed by atoms with Crippen LogP contribution in [0.15, 0.2) is 0 Å². The highest BCUT2D eigenvalue weighted by Crippen LogP contribution is 2.24. The van der Waals surface area contributed by atoms with E-state index < -0.39 is 0 Å². The van der Waals surface area contributed by atoms with E-state index in [2.05, 4.69) is 5.32 Å². The summed E-state index contributed by atoms with van der Waals surface area (Å²) in [4.78, 5) is 11.2. The number of hydrogen-bond acceptors (Lipinski definition) is 4. The molecule has 5 nitrogen and oxygen atoms in total. The second-order valence-electron chi connectivity index (χ2n) is 3.95. The molecule has 0 aromatic heterocycles. The fourth-order valence-corrected chi connectivity index (χ4v) is 1.57. The molecule has 0 aliphatic heterocycles. The molecule has 0 heterocycles. The van der Waals surface area contributed by atoms with Gasteiger partial charge in [-0.05, 0) is 18.8 Å². The maximum Gasteiger partial charge on any atom is 0.246 e. The molecule has 0 spiro atoms. The van der Waals surface area contributed by atoms with Crippen molar-refractivity contribution in [3.8, 4) is 0 Å². The van der Waals surface area contributed by atoms with E-state index in [1.54, 1.807) is 7.11 Å².